The zero-order valence-electron chi connectivity index (χ0n) is 17.9. The molecule has 3 rings (SSSR count). The van der Waals surface area contributed by atoms with E-state index in [2.05, 4.69) is 0 Å². The molecule has 0 aromatic heterocycles. The molecular weight excluding hydrogens is 380 g/mol. The zero-order chi connectivity index (χ0) is 22.4. The molecule has 0 atom stereocenters. The van der Waals surface area contributed by atoms with Gasteiger partial charge in [0, 0.05) is 45.2 Å². The molecule has 0 unspecified atom stereocenters. The van der Waals surface area contributed by atoms with Crippen LogP contribution in [0.3, 0.4) is 0 Å². The van der Waals surface area contributed by atoms with Crippen LogP contribution in [-0.4, -0.2) is 25.5 Å². The molecule has 0 aliphatic rings. The lowest BCUT2D eigenvalue weighted by Crippen LogP contribution is -2.24. The minimum Gasteiger partial charge on any atom is -0.508 e. The SMILES string of the molecule is Cc1cc(C(C)(C)c2ccc(O)cc2O)c(O)c(C(C)(C)c2ccc(O)cc2O)c1. The molecule has 0 saturated heterocycles. The van der Waals surface area contributed by atoms with Crippen LogP contribution < -0.4 is 0 Å². The molecule has 5 N–H and O–H groups in total. The lowest BCUT2D eigenvalue weighted by atomic mass is 9.71. The van der Waals surface area contributed by atoms with Gasteiger partial charge in [-0.25, -0.2) is 0 Å². The zero-order valence-corrected chi connectivity index (χ0v) is 17.9. The number of phenols is 5. The van der Waals surface area contributed by atoms with Gasteiger partial charge in [0.1, 0.15) is 28.7 Å². The summed E-state index contributed by atoms with van der Waals surface area (Å²) in [4.78, 5) is 0. The van der Waals surface area contributed by atoms with Crippen molar-refractivity contribution in [2.24, 2.45) is 0 Å². The van der Waals surface area contributed by atoms with E-state index < -0.39 is 10.8 Å². The predicted molar refractivity (Wildman–Crippen MR) is 117 cm³/mol. The molecule has 0 radical (unpaired) electrons. The number of rotatable bonds is 4. The van der Waals surface area contributed by atoms with Gasteiger partial charge in [-0.1, -0.05) is 57.5 Å². The summed E-state index contributed by atoms with van der Waals surface area (Å²) in [7, 11) is 0. The quantitative estimate of drug-likeness (QED) is 0.410. The van der Waals surface area contributed by atoms with E-state index in [-0.39, 0.29) is 28.7 Å². The third-order valence-corrected chi connectivity index (χ3v) is 5.91. The molecule has 5 heteroatoms. The lowest BCUT2D eigenvalue weighted by molar-refractivity contribution is 0.414. The number of hydrogen-bond donors (Lipinski definition) is 5. The fourth-order valence-corrected chi connectivity index (χ4v) is 4.12. The first-order chi connectivity index (χ1) is 13.9. The van der Waals surface area contributed by atoms with Crippen molar-refractivity contribution in [1.29, 1.82) is 0 Å². The van der Waals surface area contributed by atoms with Gasteiger partial charge in [0.15, 0.2) is 0 Å². The molecule has 0 aliphatic carbocycles. The van der Waals surface area contributed by atoms with Crippen molar-refractivity contribution in [3.63, 3.8) is 0 Å². The Bertz CT molecular complexity index is 1030. The Morgan fingerprint density at radius 2 is 0.900 bits per heavy atom. The average Bonchev–Trinajstić information content (AvgIpc) is 2.62. The van der Waals surface area contributed by atoms with Crippen LogP contribution in [0.25, 0.3) is 0 Å². The summed E-state index contributed by atoms with van der Waals surface area (Å²) in [5.74, 6) is -0.123. The van der Waals surface area contributed by atoms with Gasteiger partial charge in [-0.05, 0) is 19.1 Å². The summed E-state index contributed by atoms with van der Waals surface area (Å²) in [6.07, 6.45) is 0. The Hall–Kier alpha value is -3.34. The van der Waals surface area contributed by atoms with Gasteiger partial charge in [0.05, 0.1) is 0 Å². The van der Waals surface area contributed by atoms with Crippen molar-refractivity contribution >= 4 is 0 Å². The van der Waals surface area contributed by atoms with Crippen LogP contribution in [0.5, 0.6) is 28.7 Å². The summed E-state index contributed by atoms with van der Waals surface area (Å²) < 4.78 is 0. The molecule has 0 spiro atoms. The maximum absolute atomic E-state index is 11.3. The molecule has 0 heterocycles. The number of aryl methyl sites for hydroxylation is 1. The molecule has 0 saturated carbocycles. The second-order valence-electron chi connectivity index (χ2n) is 8.86. The van der Waals surface area contributed by atoms with Crippen LogP contribution in [-0.2, 0) is 10.8 Å². The van der Waals surface area contributed by atoms with E-state index in [1.54, 1.807) is 12.1 Å². The van der Waals surface area contributed by atoms with Crippen molar-refractivity contribution in [3.05, 3.63) is 76.3 Å². The highest BCUT2D eigenvalue weighted by molar-refractivity contribution is 5.59. The maximum atomic E-state index is 11.3. The minimum absolute atomic E-state index is 0.0369. The van der Waals surface area contributed by atoms with Gasteiger partial charge in [-0.15, -0.1) is 0 Å². The van der Waals surface area contributed by atoms with Gasteiger partial charge in [0.2, 0.25) is 0 Å². The van der Waals surface area contributed by atoms with Gasteiger partial charge < -0.3 is 25.5 Å². The summed E-state index contributed by atoms with van der Waals surface area (Å²) in [5, 5.41) is 51.5. The van der Waals surface area contributed by atoms with Crippen LogP contribution in [0.2, 0.25) is 0 Å². The Morgan fingerprint density at radius 1 is 0.533 bits per heavy atom. The van der Waals surface area contributed by atoms with Crippen molar-refractivity contribution in [1.82, 2.24) is 0 Å². The van der Waals surface area contributed by atoms with Gasteiger partial charge in [-0.3, -0.25) is 0 Å². The first-order valence-corrected chi connectivity index (χ1v) is 9.75. The Morgan fingerprint density at radius 3 is 1.23 bits per heavy atom. The normalized spacial score (nSPS) is 12.2. The first kappa shape index (κ1) is 21.4. The highest BCUT2D eigenvalue weighted by Gasteiger charge is 2.35. The number of benzene rings is 3. The Balaban J connectivity index is 2.23. The maximum Gasteiger partial charge on any atom is 0.123 e. The molecule has 5 nitrogen and oxygen atoms in total. The Kier molecular flexibility index (Phi) is 5.11. The summed E-state index contributed by atoms with van der Waals surface area (Å²) in [6, 6.07) is 12.6. The monoisotopic (exact) mass is 408 g/mol. The van der Waals surface area contributed by atoms with Crippen LogP contribution in [0.1, 0.15) is 55.5 Å². The fraction of sp³-hybridized carbons (Fsp3) is 0.280. The first-order valence-electron chi connectivity index (χ1n) is 9.75. The Labute approximate surface area is 176 Å². The van der Waals surface area contributed by atoms with Crippen molar-refractivity contribution < 1.29 is 25.5 Å². The van der Waals surface area contributed by atoms with E-state index in [4.69, 9.17) is 0 Å². The van der Waals surface area contributed by atoms with E-state index in [0.29, 0.717) is 22.3 Å². The third kappa shape index (κ3) is 3.52. The summed E-state index contributed by atoms with van der Waals surface area (Å²) in [5.41, 5.74) is 1.74. The van der Waals surface area contributed by atoms with Crippen molar-refractivity contribution in [2.45, 2.75) is 45.4 Å². The fourth-order valence-electron chi connectivity index (χ4n) is 4.12. The van der Waals surface area contributed by atoms with Crippen LogP contribution in [0, 0.1) is 6.92 Å². The van der Waals surface area contributed by atoms with Crippen LogP contribution in [0.15, 0.2) is 48.5 Å². The van der Waals surface area contributed by atoms with E-state index in [1.807, 2.05) is 46.8 Å². The highest BCUT2D eigenvalue weighted by atomic mass is 16.3. The van der Waals surface area contributed by atoms with Crippen molar-refractivity contribution in [3.8, 4) is 28.7 Å². The number of aromatic hydroxyl groups is 5. The number of phenolic OH excluding ortho intramolecular Hbond substituents is 5. The molecule has 3 aromatic carbocycles. The second-order valence-corrected chi connectivity index (χ2v) is 8.86. The van der Waals surface area contributed by atoms with Crippen molar-refractivity contribution in [2.75, 3.05) is 0 Å². The van der Waals surface area contributed by atoms with E-state index in [1.165, 1.54) is 24.3 Å². The van der Waals surface area contributed by atoms with Gasteiger partial charge in [0.25, 0.3) is 0 Å². The van der Waals surface area contributed by atoms with E-state index in [0.717, 1.165) is 5.56 Å². The predicted octanol–water partition coefficient (Wildman–Crippen LogP) is 5.17. The van der Waals surface area contributed by atoms with E-state index >= 15 is 0 Å². The number of hydrogen-bond acceptors (Lipinski definition) is 5. The third-order valence-electron chi connectivity index (χ3n) is 5.91. The van der Waals surface area contributed by atoms with E-state index in [9.17, 15) is 25.5 Å². The highest BCUT2D eigenvalue weighted by Crippen LogP contribution is 2.48. The molecule has 0 bridgehead atoms. The smallest absolute Gasteiger partial charge is 0.123 e. The summed E-state index contributed by atoms with van der Waals surface area (Å²) >= 11 is 0. The topological polar surface area (TPSA) is 101 Å². The standard InChI is InChI=1S/C25H28O5/c1-14-10-19(24(2,3)17-8-6-15(26)12-21(17)28)23(30)20(11-14)25(4,5)18-9-7-16(27)13-22(18)29/h6-13,26-30H,1-5H3. The molecule has 30 heavy (non-hydrogen) atoms. The largest absolute Gasteiger partial charge is 0.508 e. The second kappa shape index (κ2) is 7.17. The molecular formula is C25H28O5. The van der Waals surface area contributed by atoms with Crippen LogP contribution >= 0.6 is 0 Å². The molecule has 3 aromatic rings. The molecule has 0 aliphatic heterocycles. The summed E-state index contributed by atoms with van der Waals surface area (Å²) in [6.45, 7) is 9.49. The lowest BCUT2D eigenvalue weighted by Gasteiger charge is -2.33. The molecule has 0 amide bonds. The molecule has 158 valence electrons. The molecule has 0 fully saturated rings. The van der Waals surface area contributed by atoms with Crippen LogP contribution in [0.4, 0.5) is 0 Å². The average molecular weight is 408 g/mol. The minimum atomic E-state index is -0.768. The van der Waals surface area contributed by atoms with Gasteiger partial charge in [-0.2, -0.15) is 0 Å². The van der Waals surface area contributed by atoms with Gasteiger partial charge >= 0.3 is 0 Å².